The van der Waals surface area contributed by atoms with E-state index in [0.717, 1.165) is 19.3 Å². The molecule has 1 aliphatic carbocycles. The Bertz CT molecular complexity index is 584. The number of nitrogens with one attached hydrogen (secondary N) is 1. The third kappa shape index (κ3) is 3.49. The van der Waals surface area contributed by atoms with E-state index in [4.69, 9.17) is 4.74 Å². The van der Waals surface area contributed by atoms with E-state index in [2.05, 4.69) is 35.9 Å². The summed E-state index contributed by atoms with van der Waals surface area (Å²) in [6.45, 7) is 11.2. The minimum Gasteiger partial charge on any atom is -0.378 e. The van der Waals surface area contributed by atoms with E-state index in [0.29, 0.717) is 26.3 Å². The normalized spacial score (nSPS) is 23.0. The lowest BCUT2D eigenvalue weighted by atomic mass is 9.91. The van der Waals surface area contributed by atoms with E-state index in [1.54, 1.807) is 0 Å². The molecule has 1 amide bonds. The van der Waals surface area contributed by atoms with Gasteiger partial charge in [0.05, 0.1) is 31.0 Å². The van der Waals surface area contributed by atoms with Crippen LogP contribution in [0.5, 0.6) is 0 Å². The molecule has 1 saturated heterocycles. The fourth-order valence-corrected chi connectivity index (χ4v) is 3.74. The zero-order chi connectivity index (χ0) is 17.3. The second-order valence-electron chi connectivity index (χ2n) is 7.90. The minimum absolute atomic E-state index is 0.00922. The van der Waals surface area contributed by atoms with Crippen molar-refractivity contribution >= 4 is 5.91 Å². The van der Waals surface area contributed by atoms with Crippen molar-refractivity contribution in [2.24, 2.45) is 0 Å². The fourth-order valence-electron chi connectivity index (χ4n) is 3.74. The first-order valence-corrected chi connectivity index (χ1v) is 9.08. The van der Waals surface area contributed by atoms with Crippen molar-refractivity contribution in [3.05, 3.63) is 17.5 Å². The lowest BCUT2D eigenvalue weighted by molar-refractivity contribution is -0.137. The van der Waals surface area contributed by atoms with Crippen LogP contribution in [0.15, 0.2) is 6.20 Å². The molecule has 0 saturated carbocycles. The van der Waals surface area contributed by atoms with E-state index in [-0.39, 0.29) is 23.5 Å². The van der Waals surface area contributed by atoms with E-state index in [1.165, 1.54) is 11.3 Å². The topological polar surface area (TPSA) is 59.4 Å². The molecule has 1 aromatic rings. The molecule has 24 heavy (non-hydrogen) atoms. The Kier molecular flexibility index (Phi) is 4.97. The van der Waals surface area contributed by atoms with Gasteiger partial charge in [0.25, 0.3) is 0 Å². The average Bonchev–Trinajstić information content (AvgIpc) is 3.00. The highest BCUT2D eigenvalue weighted by Crippen LogP contribution is 2.32. The standard InChI is InChI=1S/C18H30N4O2/c1-13(17(23)21-8-10-24-11-9-21)20-15-6-5-7-16-14(15)12-19-22(16)18(2,3)4/h12-13,15,20H,5-11H2,1-4H3/t13-,15+/m1/s1. The fraction of sp³-hybridized carbons (Fsp3) is 0.778. The first-order chi connectivity index (χ1) is 11.4. The summed E-state index contributed by atoms with van der Waals surface area (Å²) in [7, 11) is 0. The first-order valence-electron chi connectivity index (χ1n) is 9.08. The van der Waals surface area contributed by atoms with Gasteiger partial charge in [-0.3, -0.25) is 14.8 Å². The number of hydrogen-bond donors (Lipinski definition) is 1. The van der Waals surface area contributed by atoms with Crippen LogP contribution in [0.4, 0.5) is 0 Å². The number of fused-ring (bicyclic) bond motifs is 1. The first kappa shape index (κ1) is 17.4. The molecule has 1 fully saturated rings. The number of amides is 1. The van der Waals surface area contributed by atoms with Gasteiger partial charge in [0.1, 0.15) is 0 Å². The number of rotatable bonds is 3. The smallest absolute Gasteiger partial charge is 0.239 e. The van der Waals surface area contributed by atoms with Crippen LogP contribution in [0.25, 0.3) is 0 Å². The summed E-state index contributed by atoms with van der Waals surface area (Å²) in [5.74, 6) is 0.175. The summed E-state index contributed by atoms with van der Waals surface area (Å²) in [5.41, 5.74) is 2.57. The summed E-state index contributed by atoms with van der Waals surface area (Å²) >= 11 is 0. The van der Waals surface area contributed by atoms with Crippen molar-refractivity contribution < 1.29 is 9.53 Å². The van der Waals surface area contributed by atoms with Gasteiger partial charge in [0.15, 0.2) is 0 Å². The molecule has 6 heteroatoms. The van der Waals surface area contributed by atoms with E-state index >= 15 is 0 Å². The number of aromatic nitrogens is 2. The maximum absolute atomic E-state index is 12.6. The van der Waals surface area contributed by atoms with E-state index < -0.39 is 0 Å². The maximum atomic E-state index is 12.6. The quantitative estimate of drug-likeness (QED) is 0.916. The molecule has 134 valence electrons. The minimum atomic E-state index is -0.183. The highest BCUT2D eigenvalue weighted by molar-refractivity contribution is 5.81. The van der Waals surface area contributed by atoms with Crippen LogP contribution in [-0.2, 0) is 21.5 Å². The average molecular weight is 334 g/mol. The lowest BCUT2D eigenvalue weighted by Crippen LogP contribution is -2.50. The van der Waals surface area contributed by atoms with Gasteiger partial charge in [-0.1, -0.05) is 0 Å². The summed E-state index contributed by atoms with van der Waals surface area (Å²) < 4.78 is 7.48. The molecule has 2 aliphatic rings. The van der Waals surface area contributed by atoms with Crippen molar-refractivity contribution in [2.75, 3.05) is 26.3 Å². The second kappa shape index (κ2) is 6.84. The van der Waals surface area contributed by atoms with Crippen molar-refractivity contribution in [3.8, 4) is 0 Å². The molecular formula is C18H30N4O2. The van der Waals surface area contributed by atoms with Crippen LogP contribution in [0.1, 0.15) is 57.8 Å². The number of morpholine rings is 1. The van der Waals surface area contributed by atoms with E-state index in [9.17, 15) is 4.79 Å². The lowest BCUT2D eigenvalue weighted by Gasteiger charge is -2.33. The third-order valence-electron chi connectivity index (χ3n) is 4.96. The molecule has 1 aliphatic heterocycles. The van der Waals surface area contributed by atoms with Gasteiger partial charge in [-0.25, -0.2) is 0 Å². The highest BCUT2D eigenvalue weighted by Gasteiger charge is 2.31. The molecule has 1 aromatic heterocycles. The van der Waals surface area contributed by atoms with Gasteiger partial charge in [0.2, 0.25) is 5.91 Å². The summed E-state index contributed by atoms with van der Waals surface area (Å²) in [6, 6.07) is 0.0295. The molecule has 0 unspecified atom stereocenters. The monoisotopic (exact) mass is 334 g/mol. The molecule has 0 spiro atoms. The SMILES string of the molecule is C[C@@H](N[C@H]1CCCc2c1cnn2C(C)(C)C)C(=O)N1CCOCC1. The van der Waals surface area contributed by atoms with Gasteiger partial charge in [-0.15, -0.1) is 0 Å². The Balaban J connectivity index is 1.71. The molecule has 2 atom stereocenters. The molecular weight excluding hydrogens is 304 g/mol. The Morgan fingerprint density at radius 3 is 2.75 bits per heavy atom. The van der Waals surface area contributed by atoms with Crippen molar-refractivity contribution in [1.29, 1.82) is 0 Å². The van der Waals surface area contributed by atoms with Gasteiger partial charge in [0, 0.05) is 30.4 Å². The second-order valence-corrected chi connectivity index (χ2v) is 7.90. The van der Waals surface area contributed by atoms with Gasteiger partial charge >= 0.3 is 0 Å². The Morgan fingerprint density at radius 1 is 1.38 bits per heavy atom. The zero-order valence-corrected chi connectivity index (χ0v) is 15.3. The zero-order valence-electron chi connectivity index (χ0n) is 15.3. The predicted molar refractivity (Wildman–Crippen MR) is 92.9 cm³/mol. The summed E-state index contributed by atoms with van der Waals surface area (Å²) in [4.78, 5) is 14.5. The van der Waals surface area contributed by atoms with Gasteiger partial charge in [-0.2, -0.15) is 5.10 Å². The largest absolute Gasteiger partial charge is 0.378 e. The predicted octanol–water partition coefficient (Wildman–Crippen LogP) is 1.85. The van der Waals surface area contributed by atoms with Crippen LogP contribution >= 0.6 is 0 Å². The number of carbonyl (C=O) groups excluding carboxylic acids is 1. The van der Waals surface area contributed by atoms with E-state index in [1.807, 2.05) is 18.0 Å². The number of carbonyl (C=O) groups is 1. The number of ether oxygens (including phenoxy) is 1. The molecule has 1 N–H and O–H groups in total. The number of hydrogen-bond acceptors (Lipinski definition) is 4. The Hall–Kier alpha value is -1.40. The maximum Gasteiger partial charge on any atom is 0.239 e. The summed E-state index contributed by atoms with van der Waals surface area (Å²) in [6.07, 6.45) is 5.24. The van der Waals surface area contributed by atoms with Gasteiger partial charge in [-0.05, 0) is 47.0 Å². The molecule has 2 heterocycles. The molecule has 3 rings (SSSR count). The van der Waals surface area contributed by atoms with Crippen LogP contribution in [0.3, 0.4) is 0 Å². The molecule has 0 bridgehead atoms. The van der Waals surface area contributed by atoms with Crippen molar-refractivity contribution in [1.82, 2.24) is 20.0 Å². The molecule has 6 nitrogen and oxygen atoms in total. The van der Waals surface area contributed by atoms with Crippen molar-refractivity contribution in [3.63, 3.8) is 0 Å². The number of nitrogens with zero attached hydrogens (tertiary/aromatic N) is 3. The third-order valence-corrected chi connectivity index (χ3v) is 4.96. The Morgan fingerprint density at radius 2 is 2.08 bits per heavy atom. The van der Waals surface area contributed by atoms with Crippen LogP contribution in [0.2, 0.25) is 0 Å². The molecule has 0 radical (unpaired) electrons. The van der Waals surface area contributed by atoms with Crippen molar-refractivity contribution in [2.45, 2.75) is 64.6 Å². The summed E-state index contributed by atoms with van der Waals surface area (Å²) in [5, 5.41) is 8.18. The highest BCUT2D eigenvalue weighted by atomic mass is 16.5. The Labute approximate surface area is 144 Å². The molecule has 0 aromatic carbocycles. The van der Waals surface area contributed by atoms with Gasteiger partial charge < -0.3 is 9.64 Å². The van der Waals surface area contributed by atoms with Crippen LogP contribution in [0, 0.1) is 0 Å². The van der Waals surface area contributed by atoms with Crippen LogP contribution < -0.4 is 5.32 Å². The van der Waals surface area contributed by atoms with Crippen LogP contribution in [-0.4, -0.2) is 52.9 Å².